The van der Waals surface area contributed by atoms with Crippen molar-refractivity contribution in [3.8, 4) is 11.1 Å². The fourth-order valence-electron chi connectivity index (χ4n) is 4.52. The van der Waals surface area contributed by atoms with Crippen LogP contribution in [0.4, 0.5) is 5.69 Å². The van der Waals surface area contributed by atoms with E-state index in [1.165, 1.54) is 41.8 Å². The number of rotatable bonds is 7. The molecule has 0 N–H and O–H groups in total. The molecule has 0 atom stereocenters. The summed E-state index contributed by atoms with van der Waals surface area (Å²) in [7, 11) is 0. The van der Waals surface area contributed by atoms with Gasteiger partial charge in [-0.05, 0) is 53.6 Å². The first kappa shape index (κ1) is 20.7. The van der Waals surface area contributed by atoms with Gasteiger partial charge in [0.15, 0.2) is 0 Å². The lowest BCUT2D eigenvalue weighted by Gasteiger charge is -2.37. The van der Waals surface area contributed by atoms with Gasteiger partial charge in [-0.15, -0.1) is 0 Å². The Balaban J connectivity index is 1.27. The van der Waals surface area contributed by atoms with E-state index in [1.807, 2.05) is 0 Å². The van der Waals surface area contributed by atoms with E-state index < -0.39 is 0 Å². The van der Waals surface area contributed by atoms with Crippen LogP contribution in [0.2, 0.25) is 0 Å². The summed E-state index contributed by atoms with van der Waals surface area (Å²) in [4.78, 5) is 5.18. The maximum Gasteiger partial charge on any atom is 0.0373 e. The molecule has 1 aliphatic rings. The van der Waals surface area contributed by atoms with Crippen LogP contribution in [0.1, 0.15) is 32.3 Å². The third-order valence-corrected chi connectivity index (χ3v) is 6.52. The molecule has 2 heteroatoms. The first-order valence-electron chi connectivity index (χ1n) is 11.3. The SMILES string of the molecule is CC(C)(CCCN1CCN(c2cccc(-c3ccccc3)c2)CC1)c1ccccc1. The van der Waals surface area contributed by atoms with Crippen LogP contribution in [0, 0.1) is 0 Å². The summed E-state index contributed by atoms with van der Waals surface area (Å²) < 4.78 is 0. The zero-order valence-corrected chi connectivity index (χ0v) is 18.4. The van der Waals surface area contributed by atoms with Gasteiger partial charge in [-0.3, -0.25) is 4.90 Å². The number of nitrogens with zero attached hydrogens (tertiary/aromatic N) is 2. The fraction of sp³-hybridized carbons (Fsp3) is 0.357. The molecule has 0 spiro atoms. The Kier molecular flexibility index (Phi) is 6.54. The minimum absolute atomic E-state index is 0.251. The second-order valence-electron chi connectivity index (χ2n) is 9.10. The predicted molar refractivity (Wildman–Crippen MR) is 129 cm³/mol. The molecule has 3 aromatic rings. The van der Waals surface area contributed by atoms with Gasteiger partial charge in [-0.25, -0.2) is 0 Å². The summed E-state index contributed by atoms with van der Waals surface area (Å²) in [6, 6.07) is 30.6. The van der Waals surface area contributed by atoms with Crippen LogP contribution in [0.15, 0.2) is 84.9 Å². The molecule has 0 amide bonds. The number of anilines is 1. The van der Waals surface area contributed by atoms with Gasteiger partial charge in [0.2, 0.25) is 0 Å². The molecule has 0 aromatic heterocycles. The Bertz CT molecular complexity index is 910. The maximum atomic E-state index is 2.64. The molecule has 3 aromatic carbocycles. The third kappa shape index (κ3) is 5.12. The predicted octanol–water partition coefficient (Wildman–Crippen LogP) is 6.23. The molecule has 1 fully saturated rings. The molecule has 1 aliphatic heterocycles. The topological polar surface area (TPSA) is 6.48 Å². The van der Waals surface area contributed by atoms with Crippen LogP contribution in [-0.4, -0.2) is 37.6 Å². The summed E-state index contributed by atoms with van der Waals surface area (Å²) in [6.07, 6.45) is 2.49. The van der Waals surface area contributed by atoms with E-state index in [0.717, 1.165) is 26.2 Å². The van der Waals surface area contributed by atoms with Gasteiger partial charge >= 0.3 is 0 Å². The fourth-order valence-corrected chi connectivity index (χ4v) is 4.52. The molecule has 2 nitrogen and oxygen atoms in total. The van der Waals surface area contributed by atoms with E-state index in [1.54, 1.807) is 0 Å². The van der Waals surface area contributed by atoms with Crippen molar-refractivity contribution in [3.63, 3.8) is 0 Å². The van der Waals surface area contributed by atoms with Crippen LogP contribution >= 0.6 is 0 Å². The van der Waals surface area contributed by atoms with E-state index in [4.69, 9.17) is 0 Å². The van der Waals surface area contributed by atoms with Crippen molar-refractivity contribution in [1.82, 2.24) is 4.90 Å². The van der Waals surface area contributed by atoms with Crippen molar-refractivity contribution in [1.29, 1.82) is 0 Å². The Morgan fingerprint density at radius 1 is 0.700 bits per heavy atom. The Labute approximate surface area is 182 Å². The van der Waals surface area contributed by atoms with Crippen LogP contribution in [0.25, 0.3) is 11.1 Å². The molecule has 0 radical (unpaired) electrons. The van der Waals surface area contributed by atoms with Gasteiger partial charge in [0.05, 0.1) is 0 Å². The second-order valence-corrected chi connectivity index (χ2v) is 9.10. The average molecular weight is 399 g/mol. The molecule has 30 heavy (non-hydrogen) atoms. The number of hydrogen-bond acceptors (Lipinski definition) is 2. The molecule has 0 aliphatic carbocycles. The van der Waals surface area contributed by atoms with Gasteiger partial charge in [-0.2, -0.15) is 0 Å². The lowest BCUT2D eigenvalue weighted by molar-refractivity contribution is 0.245. The van der Waals surface area contributed by atoms with Crippen LogP contribution in [0.3, 0.4) is 0 Å². The van der Waals surface area contributed by atoms with Crippen molar-refractivity contribution < 1.29 is 0 Å². The molecule has 156 valence electrons. The van der Waals surface area contributed by atoms with Crippen LogP contribution in [0.5, 0.6) is 0 Å². The molecular formula is C28H34N2. The quantitative estimate of drug-likeness (QED) is 0.465. The highest BCUT2D eigenvalue weighted by Crippen LogP contribution is 2.29. The minimum atomic E-state index is 0.251. The van der Waals surface area contributed by atoms with Crippen molar-refractivity contribution in [2.45, 2.75) is 32.1 Å². The Morgan fingerprint density at radius 2 is 1.33 bits per heavy atom. The summed E-state index contributed by atoms with van der Waals surface area (Å²) >= 11 is 0. The highest BCUT2D eigenvalue weighted by Gasteiger charge is 2.22. The summed E-state index contributed by atoms with van der Waals surface area (Å²) in [5, 5.41) is 0. The van der Waals surface area contributed by atoms with Gasteiger partial charge in [0.25, 0.3) is 0 Å². The lowest BCUT2D eigenvalue weighted by Crippen LogP contribution is -2.46. The van der Waals surface area contributed by atoms with Gasteiger partial charge in [0, 0.05) is 31.9 Å². The molecule has 0 bridgehead atoms. The van der Waals surface area contributed by atoms with Crippen molar-refractivity contribution >= 4 is 5.69 Å². The summed E-state index contributed by atoms with van der Waals surface area (Å²) in [5.74, 6) is 0. The minimum Gasteiger partial charge on any atom is -0.369 e. The normalized spacial score (nSPS) is 15.3. The highest BCUT2D eigenvalue weighted by atomic mass is 15.3. The van der Waals surface area contributed by atoms with E-state index in [2.05, 4.69) is 109 Å². The molecule has 0 unspecified atom stereocenters. The van der Waals surface area contributed by atoms with Crippen LogP contribution in [-0.2, 0) is 5.41 Å². The lowest BCUT2D eigenvalue weighted by atomic mass is 9.80. The molecule has 4 rings (SSSR count). The van der Waals surface area contributed by atoms with Crippen LogP contribution < -0.4 is 4.90 Å². The summed E-state index contributed by atoms with van der Waals surface area (Å²) in [5.41, 5.74) is 5.65. The number of piperazine rings is 1. The second kappa shape index (κ2) is 9.49. The molecule has 0 saturated carbocycles. The van der Waals surface area contributed by atoms with Crippen molar-refractivity contribution in [2.75, 3.05) is 37.6 Å². The maximum absolute atomic E-state index is 2.64. The Morgan fingerprint density at radius 3 is 2.03 bits per heavy atom. The third-order valence-electron chi connectivity index (χ3n) is 6.52. The van der Waals surface area contributed by atoms with Gasteiger partial charge < -0.3 is 4.90 Å². The largest absolute Gasteiger partial charge is 0.369 e. The molecule has 1 saturated heterocycles. The first-order chi connectivity index (χ1) is 14.6. The monoisotopic (exact) mass is 398 g/mol. The summed E-state index contributed by atoms with van der Waals surface area (Å²) in [6.45, 7) is 10.5. The van der Waals surface area contributed by atoms with Gasteiger partial charge in [-0.1, -0.05) is 86.6 Å². The van der Waals surface area contributed by atoms with Crippen molar-refractivity contribution in [2.24, 2.45) is 0 Å². The van der Waals surface area contributed by atoms with E-state index in [0.29, 0.717) is 0 Å². The molecule has 1 heterocycles. The average Bonchev–Trinajstić information content (AvgIpc) is 2.81. The smallest absolute Gasteiger partial charge is 0.0373 e. The van der Waals surface area contributed by atoms with Gasteiger partial charge in [0.1, 0.15) is 0 Å². The molecular weight excluding hydrogens is 364 g/mol. The zero-order valence-electron chi connectivity index (χ0n) is 18.4. The van der Waals surface area contributed by atoms with Crippen molar-refractivity contribution in [3.05, 3.63) is 90.5 Å². The Hall–Kier alpha value is -2.58. The highest BCUT2D eigenvalue weighted by molar-refractivity contribution is 5.68. The first-order valence-corrected chi connectivity index (χ1v) is 11.3. The zero-order chi connectivity index (χ0) is 20.8. The number of hydrogen-bond donors (Lipinski definition) is 0. The van der Waals surface area contributed by atoms with E-state index >= 15 is 0 Å². The standard InChI is InChI=1S/C28H34N2/c1-28(2,26-14-7-4-8-15-26)17-10-18-29-19-21-30(22-20-29)27-16-9-13-25(23-27)24-11-5-3-6-12-24/h3-9,11-16,23H,10,17-22H2,1-2H3. The van der Waals surface area contributed by atoms with E-state index in [-0.39, 0.29) is 5.41 Å². The van der Waals surface area contributed by atoms with E-state index in [9.17, 15) is 0 Å². The number of benzene rings is 3.